The van der Waals surface area contributed by atoms with E-state index in [2.05, 4.69) is 0 Å². The Balaban J connectivity index is 0.000000921. The van der Waals surface area contributed by atoms with Crippen molar-refractivity contribution in [2.75, 3.05) is 5.73 Å². The van der Waals surface area contributed by atoms with E-state index in [0.717, 1.165) is 5.56 Å². The molecular weight excluding hydrogens is 188 g/mol. The molecule has 0 aromatic heterocycles. The Kier molecular flexibility index (Phi) is 5.31. The van der Waals surface area contributed by atoms with Crippen molar-refractivity contribution >= 4 is 17.2 Å². The Morgan fingerprint density at radius 1 is 1.33 bits per heavy atom. The maximum Gasteiger partial charge on any atom is 0.178 e. The lowest BCUT2D eigenvalue weighted by Crippen LogP contribution is -2.12. The second-order valence-corrected chi connectivity index (χ2v) is 3.02. The van der Waals surface area contributed by atoms with Crippen LogP contribution in [0.15, 0.2) is 18.2 Å². The normalized spacial score (nSPS) is 8.80. The lowest BCUT2D eigenvalue weighted by Gasteiger charge is -2.04. The van der Waals surface area contributed by atoms with Crippen molar-refractivity contribution < 1.29 is 4.79 Å². The van der Waals surface area contributed by atoms with Gasteiger partial charge in [-0.1, -0.05) is 26.0 Å². The first-order chi connectivity index (χ1) is 7.02. The Bertz CT molecular complexity index is 370. The molecule has 0 saturated carbocycles. The van der Waals surface area contributed by atoms with Gasteiger partial charge in [0.25, 0.3) is 0 Å². The van der Waals surface area contributed by atoms with Crippen LogP contribution in [0.25, 0.3) is 0 Å². The maximum absolute atomic E-state index is 10.9. The van der Waals surface area contributed by atoms with E-state index in [0.29, 0.717) is 11.3 Å². The molecule has 3 N–H and O–H groups in total. The van der Waals surface area contributed by atoms with Gasteiger partial charge in [0.15, 0.2) is 5.78 Å². The van der Waals surface area contributed by atoms with Gasteiger partial charge < -0.3 is 5.73 Å². The average molecular weight is 206 g/mol. The van der Waals surface area contributed by atoms with Crippen LogP contribution in [0.3, 0.4) is 0 Å². The highest BCUT2D eigenvalue weighted by molar-refractivity contribution is 6.45. The fraction of sp³-hybridized carbons (Fsp3) is 0.333. The summed E-state index contributed by atoms with van der Waals surface area (Å²) in [4.78, 5) is 10.9. The van der Waals surface area contributed by atoms with Gasteiger partial charge >= 0.3 is 0 Å². The second-order valence-electron chi connectivity index (χ2n) is 3.02. The average Bonchev–Trinajstić information content (AvgIpc) is 2.20. The van der Waals surface area contributed by atoms with Crippen molar-refractivity contribution in [1.82, 2.24) is 0 Å². The SMILES string of the molecule is CC.CC(=O)C(=N)c1ccc(C)cc1N. The van der Waals surface area contributed by atoms with Crippen LogP contribution in [0.1, 0.15) is 31.9 Å². The summed E-state index contributed by atoms with van der Waals surface area (Å²) in [5.74, 6) is -0.268. The smallest absolute Gasteiger partial charge is 0.178 e. The summed E-state index contributed by atoms with van der Waals surface area (Å²) >= 11 is 0. The molecular formula is C12H18N2O. The third-order valence-electron chi connectivity index (χ3n) is 1.83. The first-order valence-corrected chi connectivity index (χ1v) is 4.98. The molecule has 0 fully saturated rings. The van der Waals surface area contributed by atoms with Crippen molar-refractivity contribution in [2.24, 2.45) is 0 Å². The van der Waals surface area contributed by atoms with E-state index in [1.807, 2.05) is 26.8 Å². The third kappa shape index (κ3) is 3.54. The van der Waals surface area contributed by atoms with Gasteiger partial charge in [0.2, 0.25) is 0 Å². The lowest BCUT2D eigenvalue weighted by molar-refractivity contribution is -0.111. The molecule has 1 aromatic carbocycles. The molecule has 82 valence electrons. The van der Waals surface area contributed by atoms with Crippen LogP contribution >= 0.6 is 0 Å². The summed E-state index contributed by atoms with van der Waals surface area (Å²) in [6, 6.07) is 5.30. The van der Waals surface area contributed by atoms with Gasteiger partial charge in [0, 0.05) is 18.2 Å². The van der Waals surface area contributed by atoms with Gasteiger partial charge in [-0.25, -0.2) is 0 Å². The summed E-state index contributed by atoms with van der Waals surface area (Å²) in [6.07, 6.45) is 0. The molecule has 0 saturated heterocycles. The number of nitrogens with one attached hydrogen (secondary N) is 1. The van der Waals surface area contributed by atoms with Crippen LogP contribution in [0, 0.1) is 12.3 Å². The number of nitrogens with two attached hydrogens (primary N) is 1. The number of benzene rings is 1. The number of rotatable bonds is 2. The van der Waals surface area contributed by atoms with Crippen LogP contribution in [-0.4, -0.2) is 11.5 Å². The van der Waals surface area contributed by atoms with E-state index in [4.69, 9.17) is 11.1 Å². The molecule has 0 bridgehead atoms. The Hall–Kier alpha value is -1.64. The van der Waals surface area contributed by atoms with E-state index in [1.54, 1.807) is 12.1 Å². The molecule has 1 aromatic rings. The summed E-state index contributed by atoms with van der Waals surface area (Å²) in [7, 11) is 0. The van der Waals surface area contributed by atoms with Gasteiger partial charge in [-0.2, -0.15) is 0 Å². The largest absolute Gasteiger partial charge is 0.398 e. The van der Waals surface area contributed by atoms with E-state index in [1.165, 1.54) is 6.92 Å². The fourth-order valence-corrected chi connectivity index (χ4v) is 1.10. The van der Waals surface area contributed by atoms with Crippen LogP contribution in [0.2, 0.25) is 0 Å². The molecule has 3 heteroatoms. The van der Waals surface area contributed by atoms with E-state index >= 15 is 0 Å². The molecule has 0 unspecified atom stereocenters. The highest BCUT2D eigenvalue weighted by Crippen LogP contribution is 2.14. The van der Waals surface area contributed by atoms with E-state index < -0.39 is 0 Å². The zero-order valence-electron chi connectivity index (χ0n) is 9.72. The van der Waals surface area contributed by atoms with Crippen molar-refractivity contribution in [1.29, 1.82) is 5.41 Å². The number of Topliss-reactive ketones (excluding diaryl/α,β-unsaturated/α-hetero) is 1. The third-order valence-corrected chi connectivity index (χ3v) is 1.83. The predicted octanol–water partition coefficient (Wildman–Crippen LogP) is 2.56. The second kappa shape index (κ2) is 5.96. The minimum Gasteiger partial charge on any atom is -0.398 e. The van der Waals surface area contributed by atoms with Crippen molar-refractivity contribution in [3.05, 3.63) is 29.3 Å². The standard InChI is InChI=1S/C10H12N2O.C2H6/c1-6-3-4-8(9(11)5-6)10(12)7(2)13;1-2/h3-5,12H,11H2,1-2H3;1-2H3. The Morgan fingerprint density at radius 3 is 2.27 bits per heavy atom. The molecule has 0 heterocycles. The van der Waals surface area contributed by atoms with Gasteiger partial charge in [-0.15, -0.1) is 0 Å². The first kappa shape index (κ1) is 13.4. The van der Waals surface area contributed by atoms with E-state index in [9.17, 15) is 4.79 Å². The zero-order chi connectivity index (χ0) is 12.0. The summed E-state index contributed by atoms with van der Waals surface area (Å²) in [6.45, 7) is 7.28. The molecule has 3 nitrogen and oxygen atoms in total. The number of carbonyl (C=O) groups is 1. The highest BCUT2D eigenvalue weighted by atomic mass is 16.1. The summed E-state index contributed by atoms with van der Waals surface area (Å²) in [5, 5.41) is 7.47. The molecule has 0 aliphatic heterocycles. The Labute approximate surface area is 90.8 Å². The quantitative estimate of drug-likeness (QED) is 0.577. The number of anilines is 1. The number of nitrogen functional groups attached to an aromatic ring is 1. The number of aryl methyl sites for hydroxylation is 1. The molecule has 15 heavy (non-hydrogen) atoms. The molecule has 0 atom stereocenters. The molecule has 0 radical (unpaired) electrons. The molecule has 0 aliphatic rings. The van der Waals surface area contributed by atoms with Crippen molar-refractivity contribution in [2.45, 2.75) is 27.7 Å². The minimum absolute atomic E-state index is 0.0301. The molecule has 0 aliphatic carbocycles. The number of hydrogen-bond donors (Lipinski definition) is 2. The molecule has 1 rings (SSSR count). The van der Waals surface area contributed by atoms with Crippen LogP contribution in [0.5, 0.6) is 0 Å². The van der Waals surface area contributed by atoms with Crippen LogP contribution in [-0.2, 0) is 4.79 Å². The summed E-state index contributed by atoms with van der Waals surface area (Å²) in [5.41, 5.74) is 7.66. The summed E-state index contributed by atoms with van der Waals surface area (Å²) < 4.78 is 0. The van der Waals surface area contributed by atoms with Crippen molar-refractivity contribution in [3.8, 4) is 0 Å². The van der Waals surface area contributed by atoms with Gasteiger partial charge in [0.05, 0.1) is 0 Å². The minimum atomic E-state index is -0.268. The molecule has 0 spiro atoms. The van der Waals surface area contributed by atoms with Crippen molar-refractivity contribution in [3.63, 3.8) is 0 Å². The maximum atomic E-state index is 10.9. The topological polar surface area (TPSA) is 66.9 Å². The number of carbonyl (C=O) groups excluding carboxylic acids is 1. The highest BCUT2D eigenvalue weighted by Gasteiger charge is 2.09. The number of ketones is 1. The van der Waals surface area contributed by atoms with Crippen LogP contribution in [0.4, 0.5) is 5.69 Å². The zero-order valence-corrected chi connectivity index (χ0v) is 9.72. The number of hydrogen-bond acceptors (Lipinski definition) is 3. The monoisotopic (exact) mass is 206 g/mol. The van der Waals surface area contributed by atoms with Gasteiger partial charge in [-0.05, 0) is 18.6 Å². The lowest BCUT2D eigenvalue weighted by atomic mass is 10.0. The van der Waals surface area contributed by atoms with Crippen LogP contribution < -0.4 is 5.73 Å². The van der Waals surface area contributed by atoms with Gasteiger partial charge in [0.1, 0.15) is 5.71 Å². The molecule has 0 amide bonds. The Morgan fingerprint density at radius 2 is 1.87 bits per heavy atom. The fourth-order valence-electron chi connectivity index (χ4n) is 1.10. The van der Waals surface area contributed by atoms with E-state index in [-0.39, 0.29) is 11.5 Å². The van der Waals surface area contributed by atoms with Gasteiger partial charge in [-0.3, -0.25) is 10.2 Å². The first-order valence-electron chi connectivity index (χ1n) is 4.98. The predicted molar refractivity (Wildman–Crippen MR) is 64.4 cm³/mol.